The van der Waals surface area contributed by atoms with Gasteiger partial charge in [0.05, 0.1) is 12.6 Å². The summed E-state index contributed by atoms with van der Waals surface area (Å²) in [6.07, 6.45) is 3.32. The smallest absolute Gasteiger partial charge is 0.319 e. The predicted molar refractivity (Wildman–Crippen MR) is 67.0 cm³/mol. The maximum absolute atomic E-state index is 12.7. The number of halogens is 2. The van der Waals surface area contributed by atoms with Gasteiger partial charge in [-0.2, -0.15) is 13.8 Å². The van der Waals surface area contributed by atoms with Crippen LogP contribution in [0.5, 0.6) is 0 Å². The number of aryl methyl sites for hydroxylation is 1. The summed E-state index contributed by atoms with van der Waals surface area (Å²) >= 11 is 0. The Morgan fingerprint density at radius 2 is 2.20 bits per heavy atom. The van der Waals surface area contributed by atoms with Gasteiger partial charge in [-0.15, -0.1) is 0 Å². The summed E-state index contributed by atoms with van der Waals surface area (Å²) in [6.45, 7) is 1.49. The van der Waals surface area contributed by atoms with Crippen molar-refractivity contribution in [3.8, 4) is 0 Å². The Balaban J connectivity index is 2.07. The molecule has 0 radical (unpaired) electrons. The fraction of sp³-hybridized carbons (Fsp3) is 0.583. The molecule has 2 heterocycles. The summed E-state index contributed by atoms with van der Waals surface area (Å²) in [7, 11) is 1.80. The van der Waals surface area contributed by atoms with Crippen LogP contribution in [0.4, 0.5) is 8.78 Å². The van der Waals surface area contributed by atoms with Gasteiger partial charge in [-0.25, -0.2) is 4.98 Å². The van der Waals surface area contributed by atoms with E-state index in [0.717, 1.165) is 4.57 Å². The molecule has 0 aliphatic rings. The molecule has 0 bridgehead atoms. The minimum Gasteiger partial charge on any atom is -0.338 e. The van der Waals surface area contributed by atoms with Gasteiger partial charge in [0, 0.05) is 18.8 Å². The quantitative estimate of drug-likeness (QED) is 0.815. The van der Waals surface area contributed by atoms with E-state index < -0.39 is 6.55 Å². The molecule has 0 N–H and O–H groups in total. The van der Waals surface area contributed by atoms with Crippen molar-refractivity contribution in [3.63, 3.8) is 0 Å². The summed E-state index contributed by atoms with van der Waals surface area (Å²) in [5.41, 5.74) is 0. The van der Waals surface area contributed by atoms with Gasteiger partial charge in [0.2, 0.25) is 5.89 Å². The van der Waals surface area contributed by atoms with Crippen LogP contribution in [0.1, 0.15) is 44.0 Å². The van der Waals surface area contributed by atoms with E-state index >= 15 is 0 Å². The minimum atomic E-state index is -2.59. The van der Waals surface area contributed by atoms with Crippen molar-refractivity contribution < 1.29 is 13.3 Å². The highest BCUT2D eigenvalue weighted by Crippen LogP contribution is 2.20. The number of hydrogen-bond acceptors (Lipinski definition) is 5. The number of hydrogen-bond donors (Lipinski definition) is 0. The highest BCUT2D eigenvalue weighted by Gasteiger charge is 2.21. The van der Waals surface area contributed by atoms with Crippen LogP contribution in [0.15, 0.2) is 16.9 Å². The Hall–Kier alpha value is -1.83. The molecule has 0 saturated heterocycles. The van der Waals surface area contributed by atoms with Gasteiger partial charge in [-0.3, -0.25) is 9.47 Å². The van der Waals surface area contributed by atoms with Gasteiger partial charge in [-0.05, 0) is 14.0 Å². The van der Waals surface area contributed by atoms with E-state index in [1.54, 1.807) is 7.05 Å². The first-order valence-electron chi connectivity index (χ1n) is 6.35. The lowest BCUT2D eigenvalue weighted by Crippen LogP contribution is -2.24. The van der Waals surface area contributed by atoms with E-state index in [2.05, 4.69) is 15.1 Å². The lowest BCUT2D eigenvalue weighted by Gasteiger charge is -2.21. The van der Waals surface area contributed by atoms with Gasteiger partial charge in [-0.1, -0.05) is 12.1 Å². The van der Waals surface area contributed by atoms with E-state index in [-0.39, 0.29) is 12.6 Å². The molecule has 20 heavy (non-hydrogen) atoms. The maximum atomic E-state index is 12.7. The SMILES string of the molecule is CCc1noc([C@H](C)N(C)Cc2nccn2C(F)F)n1. The van der Waals surface area contributed by atoms with Gasteiger partial charge in [0.25, 0.3) is 0 Å². The van der Waals surface area contributed by atoms with Crippen LogP contribution in [-0.2, 0) is 13.0 Å². The molecule has 0 unspecified atom stereocenters. The zero-order chi connectivity index (χ0) is 14.7. The second-order valence-corrected chi connectivity index (χ2v) is 4.52. The number of nitrogens with zero attached hydrogens (tertiary/aromatic N) is 5. The van der Waals surface area contributed by atoms with E-state index in [1.165, 1.54) is 12.4 Å². The summed E-state index contributed by atoms with van der Waals surface area (Å²) in [5.74, 6) is 1.40. The Morgan fingerprint density at radius 3 is 2.80 bits per heavy atom. The van der Waals surface area contributed by atoms with E-state index in [9.17, 15) is 8.78 Å². The molecule has 2 aromatic rings. The molecule has 0 fully saturated rings. The Bertz CT molecular complexity index is 554. The minimum absolute atomic E-state index is 0.175. The van der Waals surface area contributed by atoms with Crippen LogP contribution in [0.2, 0.25) is 0 Å². The van der Waals surface area contributed by atoms with Gasteiger partial charge in [0.1, 0.15) is 5.82 Å². The van der Waals surface area contributed by atoms with Gasteiger partial charge in [0.15, 0.2) is 5.82 Å². The molecule has 0 spiro atoms. The third kappa shape index (κ3) is 3.01. The third-order valence-electron chi connectivity index (χ3n) is 3.17. The lowest BCUT2D eigenvalue weighted by molar-refractivity contribution is 0.0630. The average Bonchev–Trinajstić information content (AvgIpc) is 3.06. The van der Waals surface area contributed by atoms with E-state index in [0.29, 0.717) is 24.0 Å². The molecule has 0 aromatic carbocycles. The van der Waals surface area contributed by atoms with Crippen LogP contribution >= 0.6 is 0 Å². The molecule has 2 aromatic heterocycles. The van der Waals surface area contributed by atoms with E-state index in [1.807, 2.05) is 18.7 Å². The fourth-order valence-electron chi connectivity index (χ4n) is 1.77. The second kappa shape index (κ2) is 6.08. The third-order valence-corrected chi connectivity index (χ3v) is 3.17. The lowest BCUT2D eigenvalue weighted by atomic mass is 10.3. The number of rotatable bonds is 6. The summed E-state index contributed by atoms with van der Waals surface area (Å²) < 4.78 is 31.5. The molecule has 0 amide bonds. The van der Waals surface area contributed by atoms with Crippen molar-refractivity contribution in [2.75, 3.05) is 7.05 Å². The van der Waals surface area contributed by atoms with Gasteiger partial charge >= 0.3 is 6.55 Å². The predicted octanol–water partition coefficient (Wildman–Crippen LogP) is 2.42. The van der Waals surface area contributed by atoms with Crippen molar-refractivity contribution in [1.29, 1.82) is 0 Å². The average molecular weight is 285 g/mol. The molecule has 0 aliphatic carbocycles. The Morgan fingerprint density at radius 1 is 1.45 bits per heavy atom. The molecule has 6 nitrogen and oxygen atoms in total. The Labute approximate surface area is 115 Å². The molecule has 8 heteroatoms. The Kier molecular flexibility index (Phi) is 4.43. The largest absolute Gasteiger partial charge is 0.338 e. The van der Waals surface area contributed by atoms with Crippen LogP contribution < -0.4 is 0 Å². The fourth-order valence-corrected chi connectivity index (χ4v) is 1.77. The summed E-state index contributed by atoms with van der Waals surface area (Å²) in [4.78, 5) is 10.0. The van der Waals surface area contributed by atoms with Crippen LogP contribution in [0.3, 0.4) is 0 Å². The second-order valence-electron chi connectivity index (χ2n) is 4.52. The number of alkyl halides is 2. The normalized spacial score (nSPS) is 13.3. The zero-order valence-electron chi connectivity index (χ0n) is 11.6. The first kappa shape index (κ1) is 14.6. The van der Waals surface area contributed by atoms with Crippen LogP contribution in [0, 0.1) is 0 Å². The molecule has 1 atom stereocenters. The van der Waals surface area contributed by atoms with Gasteiger partial charge < -0.3 is 4.52 Å². The summed E-state index contributed by atoms with van der Waals surface area (Å²) in [6, 6.07) is -0.175. The molecule has 0 saturated carbocycles. The van der Waals surface area contributed by atoms with Crippen molar-refractivity contribution in [2.24, 2.45) is 0 Å². The highest BCUT2D eigenvalue weighted by atomic mass is 19.3. The number of aromatic nitrogens is 4. The van der Waals surface area contributed by atoms with Crippen molar-refractivity contribution >= 4 is 0 Å². The number of imidazole rings is 1. The van der Waals surface area contributed by atoms with E-state index in [4.69, 9.17) is 4.52 Å². The molecular weight excluding hydrogens is 268 g/mol. The molecule has 2 rings (SSSR count). The zero-order valence-corrected chi connectivity index (χ0v) is 11.6. The van der Waals surface area contributed by atoms with Crippen LogP contribution in [0.25, 0.3) is 0 Å². The molecule has 0 aliphatic heterocycles. The molecule has 110 valence electrons. The topological polar surface area (TPSA) is 60.0 Å². The van der Waals surface area contributed by atoms with Crippen molar-refractivity contribution in [3.05, 3.63) is 29.9 Å². The van der Waals surface area contributed by atoms with Crippen molar-refractivity contribution in [1.82, 2.24) is 24.6 Å². The monoisotopic (exact) mass is 285 g/mol. The standard InChI is InChI=1S/C12H17F2N5O/c1-4-9-16-11(20-17-9)8(2)18(3)7-10-15-5-6-19(10)12(13)14/h5-6,8,12H,4,7H2,1-3H3/t8-/m0/s1. The van der Waals surface area contributed by atoms with Crippen LogP contribution in [-0.4, -0.2) is 31.6 Å². The summed E-state index contributed by atoms with van der Waals surface area (Å²) in [5, 5.41) is 3.83. The maximum Gasteiger partial charge on any atom is 0.319 e. The molecular formula is C12H17F2N5O. The van der Waals surface area contributed by atoms with Crippen molar-refractivity contribution in [2.45, 2.75) is 39.4 Å². The highest BCUT2D eigenvalue weighted by molar-refractivity contribution is 4.96. The first-order valence-corrected chi connectivity index (χ1v) is 6.35. The first-order chi connectivity index (χ1) is 9.52.